The van der Waals surface area contributed by atoms with Crippen LogP contribution in [0, 0.1) is 6.92 Å². The number of rotatable bonds is 8. The van der Waals surface area contributed by atoms with Crippen LogP contribution >= 0.6 is 11.8 Å². The van der Waals surface area contributed by atoms with Gasteiger partial charge in [-0.3, -0.25) is 4.79 Å². The molecule has 0 aliphatic heterocycles. The van der Waals surface area contributed by atoms with E-state index in [0.717, 1.165) is 24.1 Å². The summed E-state index contributed by atoms with van der Waals surface area (Å²) in [4.78, 5) is 19.5. The number of nitrogens with one attached hydrogen (secondary N) is 1. The number of aryl methyl sites for hydroxylation is 1. The number of methoxy groups -OCH3 is 1. The van der Waals surface area contributed by atoms with Gasteiger partial charge in [0.1, 0.15) is 0 Å². The van der Waals surface area contributed by atoms with Crippen LogP contribution in [0.4, 0.5) is 0 Å². The van der Waals surface area contributed by atoms with Crippen molar-refractivity contribution < 1.29 is 9.47 Å². The van der Waals surface area contributed by atoms with Gasteiger partial charge < -0.3 is 14.5 Å². The van der Waals surface area contributed by atoms with E-state index in [9.17, 15) is 4.79 Å². The normalized spacial score (nSPS) is 10.7. The highest BCUT2D eigenvalue weighted by molar-refractivity contribution is 7.98. The fraction of sp³-hybridized carbons (Fsp3) is 0.444. The third-order valence-electron chi connectivity index (χ3n) is 3.76. The topological polar surface area (TPSA) is 64.2 Å². The van der Waals surface area contributed by atoms with Gasteiger partial charge in [0.15, 0.2) is 16.7 Å². The van der Waals surface area contributed by atoms with Crippen molar-refractivity contribution in [2.45, 2.75) is 38.3 Å². The first-order valence-corrected chi connectivity index (χ1v) is 9.25. The van der Waals surface area contributed by atoms with Crippen LogP contribution in [0.5, 0.6) is 11.5 Å². The van der Waals surface area contributed by atoms with Gasteiger partial charge in [0, 0.05) is 17.7 Å². The first-order valence-electron chi connectivity index (χ1n) is 8.02. The lowest BCUT2D eigenvalue weighted by Gasteiger charge is -2.12. The van der Waals surface area contributed by atoms with Crippen LogP contribution in [0.25, 0.3) is 0 Å². The molecule has 1 aromatic carbocycles. The third kappa shape index (κ3) is 4.54. The Bertz CT molecular complexity index is 744. The molecule has 0 saturated carbocycles. The SMILES string of the molecule is CCCCOc1cc(Cc2c(C)nc(SC)[nH]c2=O)ccc1OC. The number of aromatic amines is 1. The Morgan fingerprint density at radius 2 is 2.08 bits per heavy atom. The van der Waals surface area contributed by atoms with Crippen molar-refractivity contribution in [1.29, 1.82) is 0 Å². The predicted octanol–water partition coefficient (Wildman–Crippen LogP) is 3.58. The minimum Gasteiger partial charge on any atom is -0.493 e. The molecule has 0 aliphatic carbocycles. The molecule has 6 heteroatoms. The van der Waals surface area contributed by atoms with E-state index in [2.05, 4.69) is 16.9 Å². The number of unbranched alkanes of at least 4 members (excludes halogenated alkanes) is 1. The smallest absolute Gasteiger partial charge is 0.255 e. The lowest BCUT2D eigenvalue weighted by molar-refractivity contribution is 0.288. The van der Waals surface area contributed by atoms with E-state index in [1.165, 1.54) is 11.8 Å². The summed E-state index contributed by atoms with van der Waals surface area (Å²) in [7, 11) is 1.63. The summed E-state index contributed by atoms with van der Waals surface area (Å²) in [6.07, 6.45) is 4.47. The molecule has 0 spiro atoms. The second kappa shape index (κ2) is 8.78. The van der Waals surface area contributed by atoms with Crippen LogP contribution in [-0.2, 0) is 6.42 Å². The van der Waals surface area contributed by atoms with Crippen LogP contribution < -0.4 is 15.0 Å². The van der Waals surface area contributed by atoms with E-state index < -0.39 is 0 Å². The van der Waals surface area contributed by atoms with Crippen LogP contribution in [0.15, 0.2) is 28.2 Å². The van der Waals surface area contributed by atoms with Crippen LogP contribution in [0.2, 0.25) is 0 Å². The quantitative estimate of drug-likeness (QED) is 0.449. The average Bonchev–Trinajstić information content (AvgIpc) is 2.58. The molecule has 130 valence electrons. The third-order valence-corrected chi connectivity index (χ3v) is 4.34. The molecular formula is C18H24N2O3S. The molecule has 0 atom stereocenters. The van der Waals surface area contributed by atoms with Crippen molar-refractivity contribution in [2.75, 3.05) is 20.0 Å². The highest BCUT2D eigenvalue weighted by Crippen LogP contribution is 2.29. The summed E-state index contributed by atoms with van der Waals surface area (Å²) in [6.45, 7) is 4.64. The molecule has 0 saturated heterocycles. The number of aromatic nitrogens is 2. The van der Waals surface area contributed by atoms with Crippen molar-refractivity contribution in [3.63, 3.8) is 0 Å². The molecule has 1 aromatic heterocycles. The molecule has 2 aromatic rings. The van der Waals surface area contributed by atoms with E-state index in [0.29, 0.717) is 35.2 Å². The van der Waals surface area contributed by atoms with Gasteiger partial charge in [-0.05, 0) is 37.3 Å². The van der Waals surface area contributed by atoms with Crippen LogP contribution in [-0.4, -0.2) is 29.9 Å². The molecule has 0 bridgehead atoms. The van der Waals surface area contributed by atoms with Gasteiger partial charge in [-0.2, -0.15) is 0 Å². The Kier molecular flexibility index (Phi) is 6.73. The molecule has 5 nitrogen and oxygen atoms in total. The number of benzene rings is 1. The van der Waals surface area contributed by atoms with E-state index in [1.54, 1.807) is 7.11 Å². The summed E-state index contributed by atoms with van der Waals surface area (Å²) >= 11 is 1.43. The lowest BCUT2D eigenvalue weighted by atomic mass is 10.0. The zero-order valence-corrected chi connectivity index (χ0v) is 15.5. The molecule has 24 heavy (non-hydrogen) atoms. The van der Waals surface area contributed by atoms with Gasteiger partial charge in [-0.25, -0.2) is 4.98 Å². The Morgan fingerprint density at radius 3 is 2.71 bits per heavy atom. The maximum Gasteiger partial charge on any atom is 0.255 e. The lowest BCUT2D eigenvalue weighted by Crippen LogP contribution is -2.17. The number of ether oxygens (including phenoxy) is 2. The standard InChI is InChI=1S/C18H24N2O3S/c1-5-6-9-23-16-11-13(7-8-15(16)22-3)10-14-12(2)19-18(24-4)20-17(14)21/h7-8,11H,5-6,9-10H2,1-4H3,(H,19,20,21). The number of hydrogen-bond donors (Lipinski definition) is 1. The molecular weight excluding hydrogens is 324 g/mol. The largest absolute Gasteiger partial charge is 0.493 e. The zero-order valence-electron chi connectivity index (χ0n) is 14.6. The Labute approximate surface area is 146 Å². The minimum absolute atomic E-state index is 0.0869. The Hall–Kier alpha value is -1.95. The van der Waals surface area contributed by atoms with Gasteiger partial charge in [-0.15, -0.1) is 0 Å². The molecule has 0 amide bonds. The predicted molar refractivity (Wildman–Crippen MR) is 97.6 cm³/mol. The minimum atomic E-state index is -0.0869. The highest BCUT2D eigenvalue weighted by atomic mass is 32.2. The summed E-state index contributed by atoms with van der Waals surface area (Å²) in [5.41, 5.74) is 2.34. The van der Waals surface area contributed by atoms with E-state index in [-0.39, 0.29) is 5.56 Å². The van der Waals surface area contributed by atoms with E-state index in [4.69, 9.17) is 9.47 Å². The highest BCUT2D eigenvalue weighted by Gasteiger charge is 2.11. The number of hydrogen-bond acceptors (Lipinski definition) is 5. The van der Waals surface area contributed by atoms with Crippen molar-refractivity contribution in [1.82, 2.24) is 9.97 Å². The molecule has 0 unspecified atom stereocenters. The molecule has 2 rings (SSSR count). The molecule has 0 radical (unpaired) electrons. The van der Waals surface area contributed by atoms with Gasteiger partial charge >= 0.3 is 0 Å². The molecule has 1 N–H and O–H groups in total. The fourth-order valence-electron chi connectivity index (χ4n) is 2.36. The summed E-state index contributed by atoms with van der Waals surface area (Å²) < 4.78 is 11.2. The van der Waals surface area contributed by atoms with Crippen LogP contribution in [0.1, 0.15) is 36.6 Å². The summed E-state index contributed by atoms with van der Waals surface area (Å²) in [6, 6.07) is 5.77. The maximum absolute atomic E-state index is 12.3. The average molecular weight is 348 g/mol. The fourth-order valence-corrected chi connectivity index (χ4v) is 2.79. The number of thioether (sulfide) groups is 1. The summed E-state index contributed by atoms with van der Waals surface area (Å²) in [5.74, 6) is 1.42. The van der Waals surface area contributed by atoms with Gasteiger partial charge in [0.05, 0.1) is 13.7 Å². The number of H-pyrrole nitrogens is 1. The van der Waals surface area contributed by atoms with Crippen LogP contribution in [0.3, 0.4) is 0 Å². The second-order valence-electron chi connectivity index (χ2n) is 5.50. The first kappa shape index (κ1) is 18.4. The van der Waals surface area contributed by atoms with E-state index in [1.807, 2.05) is 31.4 Å². The molecule has 0 fully saturated rings. The van der Waals surface area contributed by atoms with Crippen molar-refractivity contribution in [3.05, 3.63) is 45.4 Å². The molecule has 0 aliphatic rings. The van der Waals surface area contributed by atoms with Crippen molar-refractivity contribution in [2.24, 2.45) is 0 Å². The van der Waals surface area contributed by atoms with Gasteiger partial charge in [-0.1, -0.05) is 31.2 Å². The molecule has 1 heterocycles. The Balaban J connectivity index is 2.27. The zero-order chi connectivity index (χ0) is 17.5. The van der Waals surface area contributed by atoms with Crippen molar-refractivity contribution in [3.8, 4) is 11.5 Å². The maximum atomic E-state index is 12.3. The van der Waals surface area contributed by atoms with Crippen molar-refractivity contribution >= 4 is 11.8 Å². The number of nitrogens with zero attached hydrogens (tertiary/aromatic N) is 1. The monoisotopic (exact) mass is 348 g/mol. The Morgan fingerprint density at radius 1 is 1.29 bits per heavy atom. The first-order chi connectivity index (χ1) is 11.6. The van der Waals surface area contributed by atoms with Gasteiger partial charge in [0.25, 0.3) is 5.56 Å². The second-order valence-corrected chi connectivity index (χ2v) is 6.30. The van der Waals surface area contributed by atoms with E-state index >= 15 is 0 Å². The summed E-state index contributed by atoms with van der Waals surface area (Å²) in [5, 5.41) is 0.638. The van der Waals surface area contributed by atoms with Gasteiger partial charge in [0.2, 0.25) is 0 Å².